The van der Waals surface area contributed by atoms with Gasteiger partial charge < -0.3 is 9.32 Å². The molecule has 140 valence electrons. The van der Waals surface area contributed by atoms with Crippen molar-refractivity contribution < 1.29 is 30.8 Å². The van der Waals surface area contributed by atoms with Crippen LogP contribution in [0.5, 0.6) is 0 Å². The number of rotatable bonds is 3. The molecule has 3 rings (SSSR count). The van der Waals surface area contributed by atoms with Gasteiger partial charge in [-0.25, -0.2) is 8.42 Å². The van der Waals surface area contributed by atoms with Crippen molar-refractivity contribution in [2.45, 2.75) is 18.6 Å². The van der Waals surface area contributed by atoms with Gasteiger partial charge >= 0.3 is 6.18 Å². The van der Waals surface area contributed by atoms with Gasteiger partial charge in [0.2, 0.25) is 0 Å². The van der Waals surface area contributed by atoms with Crippen LogP contribution in [0.2, 0.25) is 0 Å². The fraction of sp³-hybridized carbons (Fsp3) is 0.353. The third-order valence-corrected chi connectivity index (χ3v) is 6.12. The lowest BCUT2D eigenvalue weighted by Gasteiger charge is -2.22. The molecule has 0 spiro atoms. The Morgan fingerprint density at radius 1 is 1.23 bits per heavy atom. The Balaban J connectivity index is 1.81. The van der Waals surface area contributed by atoms with Gasteiger partial charge in [-0.2, -0.15) is 13.2 Å². The third-order valence-electron chi connectivity index (χ3n) is 4.37. The van der Waals surface area contributed by atoms with Gasteiger partial charge in [-0.1, -0.05) is 12.1 Å². The Bertz CT molecular complexity index is 933. The zero-order valence-electron chi connectivity index (χ0n) is 13.8. The normalized spacial score (nSPS) is 19.5. The molecule has 1 saturated heterocycles. The Kier molecular flexibility index (Phi) is 4.60. The maximum atomic E-state index is 12.8. The van der Waals surface area contributed by atoms with Crippen LogP contribution in [0.4, 0.5) is 13.2 Å². The fourth-order valence-electron chi connectivity index (χ4n) is 2.88. The predicted molar refractivity (Wildman–Crippen MR) is 88.3 cm³/mol. The van der Waals surface area contributed by atoms with E-state index in [4.69, 9.17) is 4.42 Å². The van der Waals surface area contributed by atoms with Gasteiger partial charge in [0.1, 0.15) is 5.76 Å². The van der Waals surface area contributed by atoms with Crippen LogP contribution in [0, 0.1) is 0 Å². The fourth-order valence-corrected chi connectivity index (χ4v) is 4.65. The molecule has 1 atom stereocenters. The minimum absolute atomic E-state index is 0.0307. The van der Waals surface area contributed by atoms with Crippen molar-refractivity contribution in [3.63, 3.8) is 0 Å². The van der Waals surface area contributed by atoms with Gasteiger partial charge in [0.05, 0.1) is 17.1 Å². The molecule has 26 heavy (non-hydrogen) atoms. The summed E-state index contributed by atoms with van der Waals surface area (Å²) in [6.45, 7) is 0. The maximum absolute atomic E-state index is 12.8. The average molecular weight is 387 g/mol. The van der Waals surface area contributed by atoms with Crippen LogP contribution >= 0.6 is 0 Å². The molecule has 1 aromatic heterocycles. The van der Waals surface area contributed by atoms with Crippen molar-refractivity contribution in [2.75, 3.05) is 18.6 Å². The predicted octanol–water partition coefficient (Wildman–Crippen LogP) is 3.22. The van der Waals surface area contributed by atoms with E-state index in [-0.39, 0.29) is 28.6 Å². The van der Waals surface area contributed by atoms with Gasteiger partial charge in [0.15, 0.2) is 15.6 Å². The maximum Gasteiger partial charge on any atom is 0.416 e. The van der Waals surface area contributed by atoms with E-state index >= 15 is 0 Å². The van der Waals surface area contributed by atoms with Gasteiger partial charge in [-0.3, -0.25) is 4.79 Å². The third kappa shape index (κ3) is 3.77. The van der Waals surface area contributed by atoms with Crippen LogP contribution in [0.3, 0.4) is 0 Å². The van der Waals surface area contributed by atoms with Crippen LogP contribution in [-0.2, 0) is 16.0 Å². The van der Waals surface area contributed by atoms with Crippen LogP contribution in [0.15, 0.2) is 40.8 Å². The topological polar surface area (TPSA) is 67.6 Å². The average Bonchev–Trinajstić information content (AvgIpc) is 3.19. The summed E-state index contributed by atoms with van der Waals surface area (Å²) in [6.07, 6.45) is -4.12. The number of carbonyl (C=O) groups is 1. The van der Waals surface area contributed by atoms with Gasteiger partial charge in [-0.05, 0) is 30.7 Å². The standard InChI is InChI=1S/C17H16F3NO4S/c1-21(13-7-8-26(23,24)10-13)16(22)15-6-5-14(25-15)11-3-2-4-12(9-11)17(18,19)20/h2-6,9,13H,7-8,10H2,1H3/t13-/m0/s1. The first kappa shape index (κ1) is 18.5. The number of carbonyl (C=O) groups excluding carboxylic acids is 1. The van der Waals surface area contributed by atoms with Gasteiger partial charge in [-0.15, -0.1) is 0 Å². The van der Waals surface area contributed by atoms with E-state index in [0.717, 1.165) is 12.1 Å². The zero-order chi connectivity index (χ0) is 19.1. The number of hydrogen-bond donors (Lipinski definition) is 0. The van der Waals surface area contributed by atoms with Crippen molar-refractivity contribution >= 4 is 15.7 Å². The second-order valence-electron chi connectivity index (χ2n) is 6.22. The lowest BCUT2D eigenvalue weighted by molar-refractivity contribution is -0.137. The molecule has 0 N–H and O–H groups in total. The van der Waals surface area contributed by atoms with Gasteiger partial charge in [0.25, 0.3) is 5.91 Å². The smallest absolute Gasteiger partial charge is 0.416 e. The first-order valence-electron chi connectivity index (χ1n) is 7.82. The molecule has 0 radical (unpaired) electrons. The van der Waals surface area contributed by atoms with E-state index in [0.29, 0.717) is 6.42 Å². The highest BCUT2D eigenvalue weighted by molar-refractivity contribution is 7.91. The molecule has 2 heterocycles. The highest BCUT2D eigenvalue weighted by Crippen LogP contribution is 2.33. The van der Waals surface area contributed by atoms with E-state index in [2.05, 4.69) is 0 Å². The summed E-state index contributed by atoms with van der Waals surface area (Å²) in [7, 11) is -1.66. The molecular formula is C17H16F3NO4S. The summed E-state index contributed by atoms with van der Waals surface area (Å²) in [5, 5.41) is 0. The van der Waals surface area contributed by atoms with E-state index in [9.17, 15) is 26.4 Å². The second-order valence-corrected chi connectivity index (χ2v) is 8.44. The molecule has 1 aliphatic rings. The van der Waals surface area contributed by atoms with Crippen LogP contribution in [-0.4, -0.2) is 43.8 Å². The molecule has 0 saturated carbocycles. The number of amides is 1. The van der Waals surface area contributed by atoms with Crippen molar-refractivity contribution in [2.24, 2.45) is 0 Å². The van der Waals surface area contributed by atoms with Crippen molar-refractivity contribution in [1.29, 1.82) is 0 Å². The molecule has 0 unspecified atom stereocenters. The number of halogens is 3. The van der Waals surface area contributed by atoms with Crippen LogP contribution < -0.4 is 0 Å². The second kappa shape index (κ2) is 6.46. The molecule has 0 aliphatic carbocycles. The highest BCUT2D eigenvalue weighted by atomic mass is 32.2. The first-order valence-corrected chi connectivity index (χ1v) is 9.64. The largest absolute Gasteiger partial charge is 0.451 e. The quantitative estimate of drug-likeness (QED) is 0.811. The number of alkyl halides is 3. The monoisotopic (exact) mass is 387 g/mol. The first-order chi connectivity index (χ1) is 12.1. The summed E-state index contributed by atoms with van der Waals surface area (Å²) < 4.78 is 67.0. The summed E-state index contributed by atoms with van der Waals surface area (Å²) in [5.41, 5.74) is -0.613. The number of furan rings is 1. The van der Waals surface area contributed by atoms with Crippen LogP contribution in [0.25, 0.3) is 11.3 Å². The summed E-state index contributed by atoms with van der Waals surface area (Å²) in [4.78, 5) is 13.8. The van der Waals surface area contributed by atoms with Crippen molar-refractivity contribution in [1.82, 2.24) is 4.90 Å². The van der Waals surface area contributed by atoms with E-state index in [1.807, 2.05) is 0 Å². The molecule has 1 fully saturated rings. The number of hydrogen-bond acceptors (Lipinski definition) is 4. The van der Waals surface area contributed by atoms with Gasteiger partial charge in [0, 0.05) is 18.7 Å². The summed E-state index contributed by atoms with van der Waals surface area (Å²) in [5.74, 6) is -0.499. The number of benzene rings is 1. The lowest BCUT2D eigenvalue weighted by atomic mass is 10.1. The molecular weight excluding hydrogens is 371 g/mol. The molecule has 1 aromatic carbocycles. The van der Waals surface area contributed by atoms with E-state index in [1.165, 1.54) is 36.2 Å². The Morgan fingerprint density at radius 2 is 1.96 bits per heavy atom. The minimum atomic E-state index is -4.48. The summed E-state index contributed by atoms with van der Waals surface area (Å²) >= 11 is 0. The Hall–Kier alpha value is -2.29. The van der Waals surface area contributed by atoms with E-state index < -0.39 is 33.5 Å². The Labute approximate surface area is 148 Å². The lowest BCUT2D eigenvalue weighted by Crippen LogP contribution is -2.37. The molecule has 2 aromatic rings. The van der Waals surface area contributed by atoms with Crippen molar-refractivity contribution in [3.05, 3.63) is 47.7 Å². The molecule has 9 heteroatoms. The number of sulfone groups is 1. The SMILES string of the molecule is CN(C(=O)c1ccc(-c2cccc(C(F)(F)F)c2)o1)[C@H]1CCS(=O)(=O)C1. The molecule has 1 amide bonds. The zero-order valence-corrected chi connectivity index (χ0v) is 14.6. The highest BCUT2D eigenvalue weighted by Gasteiger charge is 2.34. The molecule has 0 bridgehead atoms. The molecule has 1 aliphatic heterocycles. The van der Waals surface area contributed by atoms with Crippen LogP contribution in [0.1, 0.15) is 22.5 Å². The molecule has 5 nitrogen and oxygen atoms in total. The Morgan fingerprint density at radius 3 is 2.58 bits per heavy atom. The summed E-state index contributed by atoms with van der Waals surface area (Å²) in [6, 6.07) is 6.97. The van der Waals surface area contributed by atoms with Crippen molar-refractivity contribution in [3.8, 4) is 11.3 Å². The minimum Gasteiger partial charge on any atom is -0.451 e. The number of nitrogens with zero attached hydrogens (tertiary/aromatic N) is 1. The van der Waals surface area contributed by atoms with E-state index in [1.54, 1.807) is 0 Å².